The summed E-state index contributed by atoms with van der Waals surface area (Å²) in [5, 5.41) is 8.40. The van der Waals surface area contributed by atoms with E-state index in [9.17, 15) is 8.42 Å². The highest BCUT2D eigenvalue weighted by Crippen LogP contribution is 2.30. The predicted molar refractivity (Wildman–Crippen MR) is 140 cm³/mol. The van der Waals surface area contributed by atoms with Gasteiger partial charge in [-0.05, 0) is 59.0 Å². The van der Waals surface area contributed by atoms with Gasteiger partial charge in [0.05, 0.1) is 21.3 Å². The summed E-state index contributed by atoms with van der Waals surface area (Å²) in [6.45, 7) is 3.05. The van der Waals surface area contributed by atoms with E-state index < -0.39 is 10.0 Å². The monoisotopic (exact) mass is 561 g/mol. The molecule has 0 unspecified atom stereocenters. The molecule has 7 nitrogen and oxygen atoms in total. The van der Waals surface area contributed by atoms with Crippen LogP contribution in [0.1, 0.15) is 25.3 Å². The van der Waals surface area contributed by atoms with Crippen LogP contribution in [0.4, 0.5) is 5.82 Å². The van der Waals surface area contributed by atoms with Gasteiger partial charge in [-0.25, -0.2) is 18.1 Å². The van der Waals surface area contributed by atoms with Crippen molar-refractivity contribution in [1.29, 1.82) is 0 Å². The Balaban J connectivity index is 1.37. The largest absolute Gasteiger partial charge is 0.370 e. The molecule has 4 aromatic rings. The van der Waals surface area contributed by atoms with Crippen molar-refractivity contribution in [2.45, 2.75) is 31.1 Å². The molecule has 0 atom stereocenters. The molecule has 0 fully saturated rings. The minimum absolute atomic E-state index is 0.290. The van der Waals surface area contributed by atoms with Crippen molar-refractivity contribution in [2.24, 2.45) is 0 Å². The fraction of sp³-hybridized carbons (Fsp3) is 0.250. The van der Waals surface area contributed by atoms with Crippen molar-refractivity contribution in [3.05, 3.63) is 75.9 Å². The SMILES string of the molecule is CCc1ccc(S(=O)(=O)NCCCCNc2cc(-c3ccccc3Cl)nc3c(Br)cnn23)cc1. The van der Waals surface area contributed by atoms with E-state index in [-0.39, 0.29) is 0 Å². The Morgan fingerprint density at radius 3 is 2.53 bits per heavy atom. The van der Waals surface area contributed by atoms with Crippen molar-refractivity contribution in [3.63, 3.8) is 0 Å². The highest BCUT2D eigenvalue weighted by molar-refractivity contribution is 9.10. The lowest BCUT2D eigenvalue weighted by Crippen LogP contribution is -2.25. The minimum atomic E-state index is -3.50. The highest BCUT2D eigenvalue weighted by Gasteiger charge is 2.14. The Bertz CT molecular complexity index is 1390. The highest BCUT2D eigenvalue weighted by atomic mass is 79.9. The van der Waals surface area contributed by atoms with E-state index in [1.807, 2.05) is 49.4 Å². The van der Waals surface area contributed by atoms with Gasteiger partial charge in [0.1, 0.15) is 5.82 Å². The van der Waals surface area contributed by atoms with E-state index >= 15 is 0 Å². The van der Waals surface area contributed by atoms with Crippen molar-refractivity contribution >= 4 is 49.0 Å². The van der Waals surface area contributed by atoms with Crippen molar-refractivity contribution in [2.75, 3.05) is 18.4 Å². The molecule has 0 radical (unpaired) electrons. The van der Waals surface area contributed by atoms with E-state index in [2.05, 4.69) is 31.1 Å². The summed E-state index contributed by atoms with van der Waals surface area (Å²) >= 11 is 9.89. The van der Waals surface area contributed by atoms with Crippen LogP contribution in [0.15, 0.2) is 70.2 Å². The minimum Gasteiger partial charge on any atom is -0.370 e. The van der Waals surface area contributed by atoms with Gasteiger partial charge in [0.25, 0.3) is 0 Å². The number of aromatic nitrogens is 3. The predicted octanol–water partition coefficient (Wildman–Crippen LogP) is 5.55. The van der Waals surface area contributed by atoms with Crippen LogP contribution in [0.25, 0.3) is 16.9 Å². The molecule has 0 spiro atoms. The third-order valence-electron chi connectivity index (χ3n) is 5.42. The normalized spacial score (nSPS) is 11.7. The summed E-state index contributed by atoms with van der Waals surface area (Å²) in [4.78, 5) is 4.99. The van der Waals surface area contributed by atoms with E-state index in [1.165, 1.54) is 0 Å². The molecule has 2 aromatic heterocycles. The number of benzene rings is 2. The second kappa shape index (κ2) is 10.9. The van der Waals surface area contributed by atoms with Crippen molar-refractivity contribution in [1.82, 2.24) is 19.3 Å². The first kappa shape index (κ1) is 24.7. The van der Waals surface area contributed by atoms with Crippen molar-refractivity contribution < 1.29 is 8.42 Å². The number of unbranched alkanes of at least 4 members (excludes halogenated alkanes) is 1. The van der Waals surface area contributed by atoms with E-state index in [4.69, 9.17) is 16.6 Å². The van der Waals surface area contributed by atoms with Gasteiger partial charge in [-0.1, -0.05) is 48.9 Å². The van der Waals surface area contributed by atoms with Crippen LogP contribution < -0.4 is 10.0 Å². The second-order valence-electron chi connectivity index (χ2n) is 7.76. The van der Waals surface area contributed by atoms with Gasteiger partial charge in [0.2, 0.25) is 10.0 Å². The number of fused-ring (bicyclic) bond motifs is 1. The molecule has 178 valence electrons. The number of aryl methyl sites for hydroxylation is 1. The lowest BCUT2D eigenvalue weighted by atomic mass is 10.1. The summed E-state index contributed by atoms with van der Waals surface area (Å²) < 4.78 is 30.1. The molecule has 0 aliphatic heterocycles. The van der Waals surface area contributed by atoms with Crippen LogP contribution in [0, 0.1) is 0 Å². The smallest absolute Gasteiger partial charge is 0.240 e. The average Bonchev–Trinajstić information content (AvgIpc) is 3.22. The molecular formula is C24H25BrClN5O2S. The molecule has 0 amide bonds. The number of anilines is 1. The number of hydrogen-bond acceptors (Lipinski definition) is 5. The molecule has 0 aliphatic rings. The van der Waals surface area contributed by atoms with Gasteiger partial charge < -0.3 is 5.32 Å². The Labute approximate surface area is 212 Å². The molecule has 4 rings (SSSR count). The number of nitrogens with one attached hydrogen (secondary N) is 2. The topological polar surface area (TPSA) is 88.4 Å². The van der Waals surface area contributed by atoms with Crippen LogP contribution in [0.5, 0.6) is 0 Å². The zero-order chi connectivity index (χ0) is 24.1. The molecule has 10 heteroatoms. The van der Waals surface area contributed by atoms with E-state index in [0.717, 1.165) is 40.0 Å². The van der Waals surface area contributed by atoms with Crippen LogP contribution >= 0.6 is 27.5 Å². The molecule has 0 saturated heterocycles. The molecule has 0 aliphatic carbocycles. The fourth-order valence-electron chi connectivity index (χ4n) is 3.53. The first-order valence-corrected chi connectivity index (χ1v) is 13.7. The summed E-state index contributed by atoms with van der Waals surface area (Å²) in [6.07, 6.45) is 4.03. The standard InChI is InChI=1S/C24H25BrClN5O2S/c1-2-17-9-11-18(12-10-17)34(32,33)29-14-6-5-13-27-23-15-22(19-7-3-4-8-21(19)26)30-24-20(25)16-28-31(23)24/h3-4,7-12,15-16,27,29H,2,5-6,13-14H2,1H3. The molecule has 0 saturated carbocycles. The number of hydrogen-bond donors (Lipinski definition) is 2. The summed E-state index contributed by atoms with van der Waals surface area (Å²) in [7, 11) is -3.50. The summed E-state index contributed by atoms with van der Waals surface area (Å²) in [6, 6.07) is 16.5. The molecule has 2 N–H and O–H groups in total. The van der Waals surface area contributed by atoms with E-state index in [0.29, 0.717) is 35.1 Å². The van der Waals surface area contributed by atoms with Crippen LogP contribution in [0.2, 0.25) is 5.02 Å². The lowest BCUT2D eigenvalue weighted by molar-refractivity contribution is 0.577. The molecule has 0 bridgehead atoms. The first-order chi connectivity index (χ1) is 16.4. The van der Waals surface area contributed by atoms with Gasteiger partial charge >= 0.3 is 0 Å². The van der Waals surface area contributed by atoms with Crippen LogP contribution in [-0.4, -0.2) is 36.1 Å². The third-order valence-corrected chi connectivity index (χ3v) is 7.79. The number of nitrogens with zero attached hydrogens (tertiary/aromatic N) is 3. The quantitative estimate of drug-likeness (QED) is 0.248. The maximum atomic E-state index is 12.5. The lowest BCUT2D eigenvalue weighted by Gasteiger charge is -2.12. The van der Waals surface area contributed by atoms with Gasteiger partial charge in [-0.15, -0.1) is 0 Å². The average molecular weight is 563 g/mol. The maximum absolute atomic E-state index is 12.5. The molecular weight excluding hydrogens is 538 g/mol. The number of halogens is 2. The zero-order valence-corrected chi connectivity index (χ0v) is 21.8. The van der Waals surface area contributed by atoms with Crippen LogP contribution in [0.3, 0.4) is 0 Å². The molecule has 2 aromatic carbocycles. The number of sulfonamides is 1. The van der Waals surface area contributed by atoms with Gasteiger partial charge in [-0.2, -0.15) is 9.61 Å². The van der Waals surface area contributed by atoms with E-state index in [1.54, 1.807) is 22.8 Å². The second-order valence-corrected chi connectivity index (χ2v) is 10.8. The van der Waals surface area contributed by atoms with Gasteiger partial charge in [-0.3, -0.25) is 0 Å². The Morgan fingerprint density at radius 1 is 1.06 bits per heavy atom. The zero-order valence-electron chi connectivity index (χ0n) is 18.6. The first-order valence-electron chi connectivity index (χ1n) is 11.0. The third kappa shape index (κ3) is 5.60. The summed E-state index contributed by atoms with van der Waals surface area (Å²) in [5.74, 6) is 0.780. The molecule has 34 heavy (non-hydrogen) atoms. The van der Waals surface area contributed by atoms with Crippen LogP contribution in [-0.2, 0) is 16.4 Å². The van der Waals surface area contributed by atoms with Crippen molar-refractivity contribution in [3.8, 4) is 11.3 Å². The fourth-order valence-corrected chi connectivity index (χ4v) is 5.18. The van der Waals surface area contributed by atoms with Gasteiger partial charge in [0, 0.05) is 29.7 Å². The number of rotatable bonds is 10. The Morgan fingerprint density at radius 2 is 1.79 bits per heavy atom. The Hall–Kier alpha value is -2.46. The Kier molecular flexibility index (Phi) is 7.88. The molecule has 2 heterocycles. The van der Waals surface area contributed by atoms with Gasteiger partial charge in [0.15, 0.2) is 5.65 Å². The summed E-state index contributed by atoms with van der Waals surface area (Å²) in [5.41, 5.74) is 3.37. The maximum Gasteiger partial charge on any atom is 0.240 e.